The highest BCUT2D eigenvalue weighted by atomic mass is 35.5. The van der Waals surface area contributed by atoms with Crippen LogP contribution in [0.2, 0.25) is 15.3 Å². The quantitative estimate of drug-likeness (QED) is 0.770. The summed E-state index contributed by atoms with van der Waals surface area (Å²) in [5.74, 6) is -1.52. The van der Waals surface area contributed by atoms with Gasteiger partial charge < -0.3 is 4.42 Å². The normalized spacial score (nSPS) is 11.9. The number of benzene rings is 1. The van der Waals surface area contributed by atoms with Crippen molar-refractivity contribution in [3.8, 4) is 6.07 Å². The van der Waals surface area contributed by atoms with E-state index in [1.165, 1.54) is 18.4 Å². The van der Waals surface area contributed by atoms with Gasteiger partial charge in [0, 0.05) is 10.0 Å². The largest absolute Gasteiger partial charge is 0.452 e. The van der Waals surface area contributed by atoms with E-state index in [0.29, 0.717) is 10.6 Å². The van der Waals surface area contributed by atoms with Gasteiger partial charge in [0.2, 0.25) is 5.22 Å². The van der Waals surface area contributed by atoms with E-state index < -0.39 is 11.7 Å². The van der Waals surface area contributed by atoms with Gasteiger partial charge in [-0.25, -0.2) is 0 Å². The molecule has 96 valence electrons. The zero-order valence-corrected chi connectivity index (χ0v) is 11.6. The highest BCUT2D eigenvalue weighted by molar-refractivity contribution is 6.35. The molecular formula is C13H6Cl3NO2. The third kappa shape index (κ3) is 2.76. The molecule has 1 atom stereocenters. The summed E-state index contributed by atoms with van der Waals surface area (Å²) < 4.78 is 4.85. The fourth-order valence-electron chi connectivity index (χ4n) is 1.63. The van der Waals surface area contributed by atoms with Crippen LogP contribution < -0.4 is 0 Å². The van der Waals surface area contributed by atoms with Gasteiger partial charge in [-0.2, -0.15) is 5.26 Å². The average Bonchev–Trinajstić information content (AvgIpc) is 2.78. The number of Topliss-reactive ketones (excluding diaryl/α,β-unsaturated/α-hetero) is 1. The Morgan fingerprint density at radius 3 is 2.53 bits per heavy atom. The maximum absolute atomic E-state index is 12.2. The van der Waals surface area contributed by atoms with Crippen LogP contribution in [0.1, 0.15) is 21.8 Å². The van der Waals surface area contributed by atoms with Crippen molar-refractivity contribution in [2.45, 2.75) is 5.92 Å². The summed E-state index contributed by atoms with van der Waals surface area (Å²) in [4.78, 5) is 12.2. The molecule has 1 aromatic carbocycles. The number of nitrogens with zero attached hydrogens (tertiary/aromatic N) is 1. The predicted octanol–water partition coefficient (Wildman–Crippen LogP) is 4.73. The van der Waals surface area contributed by atoms with Crippen molar-refractivity contribution in [3.05, 3.63) is 56.9 Å². The number of halogens is 3. The van der Waals surface area contributed by atoms with E-state index >= 15 is 0 Å². The summed E-state index contributed by atoms with van der Waals surface area (Å²) in [6.45, 7) is 0. The van der Waals surface area contributed by atoms with E-state index in [0.717, 1.165) is 0 Å². The average molecular weight is 315 g/mol. The molecule has 1 aromatic heterocycles. The molecule has 0 radical (unpaired) electrons. The highest BCUT2D eigenvalue weighted by Gasteiger charge is 2.26. The third-order valence-corrected chi connectivity index (χ3v) is 3.40. The van der Waals surface area contributed by atoms with E-state index in [1.54, 1.807) is 12.1 Å². The molecule has 0 saturated heterocycles. The molecule has 0 bridgehead atoms. The molecule has 0 aliphatic rings. The van der Waals surface area contributed by atoms with Crippen molar-refractivity contribution in [3.63, 3.8) is 0 Å². The smallest absolute Gasteiger partial charge is 0.203 e. The van der Waals surface area contributed by atoms with Gasteiger partial charge in [-0.1, -0.05) is 29.3 Å². The van der Waals surface area contributed by atoms with E-state index in [9.17, 15) is 10.1 Å². The number of nitriles is 1. The Morgan fingerprint density at radius 1 is 1.26 bits per heavy atom. The van der Waals surface area contributed by atoms with Gasteiger partial charge in [-0.15, -0.1) is 0 Å². The molecular weight excluding hydrogens is 309 g/mol. The van der Waals surface area contributed by atoms with Crippen molar-refractivity contribution < 1.29 is 9.21 Å². The Labute approximate surface area is 124 Å². The lowest BCUT2D eigenvalue weighted by Gasteiger charge is -2.09. The number of carbonyl (C=O) groups is 1. The molecule has 0 fully saturated rings. The van der Waals surface area contributed by atoms with Gasteiger partial charge in [0.25, 0.3) is 0 Å². The maximum Gasteiger partial charge on any atom is 0.203 e. The van der Waals surface area contributed by atoms with E-state index in [4.69, 9.17) is 39.2 Å². The topological polar surface area (TPSA) is 54.0 Å². The molecule has 1 heterocycles. The monoisotopic (exact) mass is 313 g/mol. The summed E-state index contributed by atoms with van der Waals surface area (Å²) in [5, 5.41) is 9.84. The number of carbonyl (C=O) groups excluding carboxylic acids is 1. The second-order valence-corrected chi connectivity index (χ2v) is 4.89. The van der Waals surface area contributed by atoms with Crippen LogP contribution >= 0.6 is 34.8 Å². The van der Waals surface area contributed by atoms with Crippen molar-refractivity contribution in [2.75, 3.05) is 0 Å². The SMILES string of the molecule is N#CC(C(=O)c1ccoc1Cl)c1ccc(Cl)cc1Cl. The molecule has 3 nitrogen and oxygen atoms in total. The second-order valence-electron chi connectivity index (χ2n) is 3.70. The van der Waals surface area contributed by atoms with Crippen molar-refractivity contribution in [1.29, 1.82) is 5.26 Å². The van der Waals surface area contributed by atoms with E-state index in [2.05, 4.69) is 0 Å². The Kier molecular flexibility index (Phi) is 4.16. The minimum absolute atomic E-state index is 0.0460. The van der Waals surface area contributed by atoms with Gasteiger partial charge in [0.1, 0.15) is 5.92 Å². The Hall–Kier alpha value is -1.47. The standard InChI is InChI=1S/C13H6Cl3NO2/c14-7-1-2-8(11(15)5-7)10(6-17)12(18)9-3-4-19-13(9)16/h1-5,10H. The molecule has 0 amide bonds. The van der Waals surface area contributed by atoms with Gasteiger partial charge >= 0.3 is 0 Å². The van der Waals surface area contributed by atoms with Crippen LogP contribution in [0.3, 0.4) is 0 Å². The zero-order chi connectivity index (χ0) is 14.0. The first-order chi connectivity index (χ1) is 9.04. The molecule has 0 spiro atoms. The fraction of sp³-hybridized carbons (Fsp3) is 0.0769. The minimum Gasteiger partial charge on any atom is -0.452 e. The maximum atomic E-state index is 12.2. The number of furan rings is 1. The van der Waals surface area contributed by atoms with E-state index in [1.807, 2.05) is 6.07 Å². The summed E-state index contributed by atoms with van der Waals surface area (Å²) in [7, 11) is 0. The first-order valence-electron chi connectivity index (χ1n) is 5.16. The first kappa shape index (κ1) is 14.0. The van der Waals surface area contributed by atoms with Crippen LogP contribution in [0.25, 0.3) is 0 Å². The summed E-state index contributed by atoms with van der Waals surface area (Å²) in [6.07, 6.45) is 1.29. The fourth-order valence-corrected chi connectivity index (χ4v) is 2.36. The second kappa shape index (κ2) is 5.66. The molecule has 2 aromatic rings. The molecule has 19 heavy (non-hydrogen) atoms. The molecule has 0 aliphatic heterocycles. The Morgan fingerprint density at radius 2 is 2.00 bits per heavy atom. The molecule has 2 rings (SSSR count). The lowest BCUT2D eigenvalue weighted by molar-refractivity contribution is 0.0978. The van der Waals surface area contributed by atoms with Gasteiger partial charge in [0.15, 0.2) is 5.78 Å². The van der Waals surface area contributed by atoms with Gasteiger partial charge in [-0.05, 0) is 35.4 Å². The first-order valence-corrected chi connectivity index (χ1v) is 6.29. The number of ketones is 1. The lowest BCUT2D eigenvalue weighted by Crippen LogP contribution is -2.11. The molecule has 0 saturated carbocycles. The van der Waals surface area contributed by atoms with Crippen LogP contribution in [-0.2, 0) is 0 Å². The predicted molar refractivity (Wildman–Crippen MR) is 72.9 cm³/mol. The molecule has 6 heteroatoms. The van der Waals surface area contributed by atoms with Crippen LogP contribution in [0, 0.1) is 11.3 Å². The van der Waals surface area contributed by atoms with Crippen LogP contribution in [0.4, 0.5) is 0 Å². The van der Waals surface area contributed by atoms with Crippen LogP contribution in [-0.4, -0.2) is 5.78 Å². The Balaban J connectivity index is 2.44. The number of rotatable bonds is 3. The molecule has 0 aliphatic carbocycles. The van der Waals surface area contributed by atoms with Crippen molar-refractivity contribution >= 4 is 40.6 Å². The molecule has 0 N–H and O–H groups in total. The minimum atomic E-state index is -1.06. The Bertz CT molecular complexity index is 673. The zero-order valence-electron chi connectivity index (χ0n) is 9.36. The van der Waals surface area contributed by atoms with Crippen molar-refractivity contribution in [1.82, 2.24) is 0 Å². The number of hydrogen-bond donors (Lipinski definition) is 0. The third-order valence-electron chi connectivity index (χ3n) is 2.55. The summed E-state index contributed by atoms with van der Waals surface area (Å²) in [6, 6.07) is 7.92. The van der Waals surface area contributed by atoms with E-state index in [-0.39, 0.29) is 15.8 Å². The van der Waals surface area contributed by atoms with Gasteiger partial charge in [-0.3, -0.25) is 4.79 Å². The van der Waals surface area contributed by atoms with Crippen molar-refractivity contribution in [2.24, 2.45) is 0 Å². The highest BCUT2D eigenvalue weighted by Crippen LogP contribution is 2.31. The van der Waals surface area contributed by atoms with Crippen LogP contribution in [0.5, 0.6) is 0 Å². The lowest BCUT2D eigenvalue weighted by atomic mass is 9.93. The summed E-state index contributed by atoms with van der Waals surface area (Å²) >= 11 is 17.5. The van der Waals surface area contributed by atoms with Gasteiger partial charge in [0.05, 0.1) is 17.9 Å². The van der Waals surface area contributed by atoms with Crippen LogP contribution in [0.15, 0.2) is 34.9 Å². The number of hydrogen-bond acceptors (Lipinski definition) is 3. The summed E-state index contributed by atoms with van der Waals surface area (Å²) in [5.41, 5.74) is 0.537. The molecule has 1 unspecified atom stereocenters.